The SMILES string of the molecule is O=C1Cc2ccc(C(=O)N3CCOC4(CCCCC4)C3)cc2N1. The molecule has 2 amide bonds. The second-order valence-corrected chi connectivity index (χ2v) is 6.92. The van der Waals surface area contributed by atoms with E-state index in [1.807, 2.05) is 23.1 Å². The minimum absolute atomic E-state index is 0.00266. The molecule has 5 nitrogen and oxygen atoms in total. The maximum absolute atomic E-state index is 12.9. The Morgan fingerprint density at radius 1 is 1.22 bits per heavy atom. The Morgan fingerprint density at radius 2 is 2.04 bits per heavy atom. The van der Waals surface area contributed by atoms with Crippen molar-refractivity contribution in [3.8, 4) is 0 Å². The van der Waals surface area contributed by atoms with Crippen LogP contribution in [-0.2, 0) is 16.0 Å². The Labute approximate surface area is 136 Å². The zero-order valence-corrected chi connectivity index (χ0v) is 13.3. The third-order valence-corrected chi connectivity index (χ3v) is 5.28. The molecule has 5 heteroatoms. The molecule has 0 unspecified atom stereocenters. The van der Waals surface area contributed by atoms with E-state index in [9.17, 15) is 9.59 Å². The zero-order chi connectivity index (χ0) is 15.9. The first-order chi connectivity index (χ1) is 11.2. The largest absolute Gasteiger partial charge is 0.371 e. The van der Waals surface area contributed by atoms with E-state index in [1.165, 1.54) is 19.3 Å². The topological polar surface area (TPSA) is 58.6 Å². The molecule has 1 aromatic rings. The van der Waals surface area contributed by atoms with Crippen LogP contribution in [0.5, 0.6) is 0 Å². The number of ether oxygens (including phenoxy) is 1. The fraction of sp³-hybridized carbons (Fsp3) is 0.556. The lowest BCUT2D eigenvalue weighted by molar-refractivity contribution is -0.117. The molecule has 3 aliphatic rings. The van der Waals surface area contributed by atoms with Gasteiger partial charge in [-0.15, -0.1) is 0 Å². The number of morpholine rings is 1. The van der Waals surface area contributed by atoms with Gasteiger partial charge in [0.1, 0.15) is 0 Å². The van der Waals surface area contributed by atoms with E-state index in [-0.39, 0.29) is 17.4 Å². The van der Waals surface area contributed by atoms with Crippen LogP contribution >= 0.6 is 0 Å². The molecule has 1 aromatic carbocycles. The van der Waals surface area contributed by atoms with E-state index in [0.717, 1.165) is 24.1 Å². The number of nitrogens with zero attached hydrogens (tertiary/aromatic N) is 1. The average Bonchev–Trinajstić information content (AvgIpc) is 2.94. The summed E-state index contributed by atoms with van der Waals surface area (Å²) in [4.78, 5) is 26.3. The van der Waals surface area contributed by atoms with Gasteiger partial charge in [0.2, 0.25) is 5.91 Å². The third-order valence-electron chi connectivity index (χ3n) is 5.28. The highest BCUT2D eigenvalue weighted by Crippen LogP contribution is 2.35. The van der Waals surface area contributed by atoms with Crippen molar-refractivity contribution in [2.45, 2.75) is 44.1 Å². The minimum Gasteiger partial charge on any atom is -0.371 e. The number of benzene rings is 1. The van der Waals surface area contributed by atoms with Crippen LogP contribution in [0, 0.1) is 0 Å². The Balaban J connectivity index is 1.52. The summed E-state index contributed by atoms with van der Waals surface area (Å²) in [6.07, 6.45) is 6.15. The average molecular weight is 314 g/mol. The van der Waals surface area contributed by atoms with E-state index >= 15 is 0 Å². The number of amides is 2. The predicted molar refractivity (Wildman–Crippen MR) is 86.4 cm³/mol. The number of rotatable bonds is 1. The molecule has 2 heterocycles. The lowest BCUT2D eigenvalue weighted by Gasteiger charge is -2.45. The molecule has 1 saturated heterocycles. The number of nitrogens with one attached hydrogen (secondary N) is 1. The lowest BCUT2D eigenvalue weighted by Crippen LogP contribution is -2.54. The van der Waals surface area contributed by atoms with Gasteiger partial charge in [0.05, 0.1) is 25.2 Å². The zero-order valence-electron chi connectivity index (χ0n) is 13.3. The van der Waals surface area contributed by atoms with Crippen LogP contribution in [0.3, 0.4) is 0 Å². The molecule has 23 heavy (non-hydrogen) atoms. The maximum atomic E-state index is 12.9. The number of hydrogen-bond donors (Lipinski definition) is 1. The van der Waals surface area contributed by atoms with Crippen LogP contribution in [0.2, 0.25) is 0 Å². The van der Waals surface area contributed by atoms with Crippen molar-refractivity contribution in [3.05, 3.63) is 29.3 Å². The smallest absolute Gasteiger partial charge is 0.254 e. The Hall–Kier alpha value is -1.88. The second kappa shape index (κ2) is 5.64. The van der Waals surface area contributed by atoms with Gasteiger partial charge in [0.15, 0.2) is 0 Å². The molecule has 1 spiro atoms. The van der Waals surface area contributed by atoms with Gasteiger partial charge in [-0.05, 0) is 30.5 Å². The first-order valence-corrected chi connectivity index (χ1v) is 8.51. The van der Waals surface area contributed by atoms with Crippen LogP contribution in [0.15, 0.2) is 18.2 Å². The fourth-order valence-corrected chi connectivity index (χ4v) is 4.05. The Bertz CT molecular complexity index is 644. The Kier molecular flexibility index (Phi) is 3.60. The summed E-state index contributed by atoms with van der Waals surface area (Å²) in [7, 11) is 0. The van der Waals surface area contributed by atoms with Gasteiger partial charge in [-0.25, -0.2) is 0 Å². The molecule has 0 radical (unpaired) electrons. The number of fused-ring (bicyclic) bond motifs is 1. The van der Waals surface area contributed by atoms with Gasteiger partial charge in [-0.1, -0.05) is 25.3 Å². The number of hydrogen-bond acceptors (Lipinski definition) is 3. The van der Waals surface area contributed by atoms with Crippen LogP contribution in [0.1, 0.15) is 48.0 Å². The van der Waals surface area contributed by atoms with E-state index < -0.39 is 0 Å². The normalized spacial score (nSPS) is 22.8. The Morgan fingerprint density at radius 3 is 2.87 bits per heavy atom. The van der Waals surface area contributed by atoms with E-state index in [4.69, 9.17) is 4.74 Å². The maximum Gasteiger partial charge on any atom is 0.254 e. The van der Waals surface area contributed by atoms with Gasteiger partial charge in [-0.2, -0.15) is 0 Å². The molecular formula is C18H22N2O3. The predicted octanol–water partition coefficient (Wildman–Crippen LogP) is 2.36. The summed E-state index contributed by atoms with van der Waals surface area (Å²) >= 11 is 0. The highest BCUT2D eigenvalue weighted by atomic mass is 16.5. The quantitative estimate of drug-likeness (QED) is 0.865. The van der Waals surface area contributed by atoms with Crippen LogP contribution < -0.4 is 5.32 Å². The third kappa shape index (κ3) is 2.74. The van der Waals surface area contributed by atoms with E-state index in [1.54, 1.807) is 0 Å². The van der Waals surface area contributed by atoms with Crippen molar-refractivity contribution >= 4 is 17.5 Å². The number of anilines is 1. The first-order valence-electron chi connectivity index (χ1n) is 8.51. The summed E-state index contributed by atoms with van der Waals surface area (Å²) in [5.41, 5.74) is 2.27. The summed E-state index contributed by atoms with van der Waals surface area (Å²) in [5.74, 6) is 0.0410. The minimum atomic E-state index is -0.128. The van der Waals surface area contributed by atoms with E-state index in [2.05, 4.69) is 5.32 Å². The van der Waals surface area contributed by atoms with Crippen molar-refractivity contribution in [1.29, 1.82) is 0 Å². The molecular weight excluding hydrogens is 292 g/mol. The lowest BCUT2D eigenvalue weighted by atomic mass is 9.83. The molecule has 1 aliphatic carbocycles. The number of carbonyl (C=O) groups is 2. The highest BCUT2D eigenvalue weighted by Gasteiger charge is 2.39. The molecule has 122 valence electrons. The summed E-state index contributed by atoms with van der Waals surface area (Å²) in [6.45, 7) is 1.95. The molecule has 1 N–H and O–H groups in total. The summed E-state index contributed by atoms with van der Waals surface area (Å²) in [6, 6.07) is 5.54. The van der Waals surface area contributed by atoms with Gasteiger partial charge >= 0.3 is 0 Å². The van der Waals surface area contributed by atoms with Gasteiger partial charge in [-0.3, -0.25) is 9.59 Å². The van der Waals surface area contributed by atoms with Crippen LogP contribution in [-0.4, -0.2) is 42.0 Å². The van der Waals surface area contributed by atoms with Gasteiger partial charge < -0.3 is 15.0 Å². The molecule has 0 aromatic heterocycles. The molecule has 0 atom stereocenters. The second-order valence-electron chi connectivity index (χ2n) is 6.92. The molecule has 0 bridgehead atoms. The fourth-order valence-electron chi connectivity index (χ4n) is 4.05. The molecule has 2 aliphatic heterocycles. The molecule has 1 saturated carbocycles. The van der Waals surface area contributed by atoms with Crippen molar-refractivity contribution in [3.63, 3.8) is 0 Å². The molecule has 2 fully saturated rings. The highest BCUT2D eigenvalue weighted by molar-refractivity contribution is 6.02. The molecule has 4 rings (SSSR count). The van der Waals surface area contributed by atoms with Gasteiger partial charge in [0.25, 0.3) is 5.91 Å². The number of carbonyl (C=O) groups excluding carboxylic acids is 2. The van der Waals surface area contributed by atoms with Crippen molar-refractivity contribution < 1.29 is 14.3 Å². The van der Waals surface area contributed by atoms with Crippen molar-refractivity contribution in [2.24, 2.45) is 0 Å². The first kappa shape index (κ1) is 14.7. The van der Waals surface area contributed by atoms with Gasteiger partial charge in [0, 0.05) is 17.8 Å². The van der Waals surface area contributed by atoms with Crippen LogP contribution in [0.25, 0.3) is 0 Å². The monoisotopic (exact) mass is 314 g/mol. The van der Waals surface area contributed by atoms with Crippen molar-refractivity contribution in [2.75, 3.05) is 25.0 Å². The van der Waals surface area contributed by atoms with Crippen LogP contribution in [0.4, 0.5) is 5.69 Å². The van der Waals surface area contributed by atoms with E-state index in [0.29, 0.717) is 31.7 Å². The van der Waals surface area contributed by atoms with Crippen molar-refractivity contribution in [1.82, 2.24) is 4.90 Å². The summed E-state index contributed by atoms with van der Waals surface area (Å²) < 4.78 is 6.06. The summed E-state index contributed by atoms with van der Waals surface area (Å²) in [5, 5.41) is 2.82. The standard InChI is InChI=1S/C18H22N2O3/c21-16-11-13-4-5-14(10-15(13)19-16)17(22)20-8-9-23-18(12-20)6-2-1-3-7-18/h4-5,10H,1-3,6-9,11-12H2,(H,19,21).